The summed E-state index contributed by atoms with van der Waals surface area (Å²) in [7, 11) is 0. The second-order valence-corrected chi connectivity index (χ2v) is 5.82. The van der Waals surface area contributed by atoms with Gasteiger partial charge >= 0.3 is 0 Å². The van der Waals surface area contributed by atoms with E-state index in [0.29, 0.717) is 12.0 Å². The second kappa shape index (κ2) is 6.20. The van der Waals surface area contributed by atoms with Gasteiger partial charge in [0, 0.05) is 12.6 Å². The molecular formula is C16H24N2O. The number of amides is 1. The first-order chi connectivity index (χ1) is 9.08. The molecule has 1 aromatic rings. The van der Waals surface area contributed by atoms with E-state index in [4.69, 9.17) is 0 Å². The molecule has 0 bridgehead atoms. The van der Waals surface area contributed by atoms with Crippen LogP contribution in [0, 0.1) is 5.92 Å². The van der Waals surface area contributed by atoms with E-state index >= 15 is 0 Å². The van der Waals surface area contributed by atoms with E-state index < -0.39 is 0 Å². The van der Waals surface area contributed by atoms with Crippen molar-refractivity contribution in [1.29, 1.82) is 0 Å². The number of hydrogen-bond acceptors (Lipinski definition) is 2. The summed E-state index contributed by atoms with van der Waals surface area (Å²) in [5, 5.41) is 6.42. The number of aryl methyl sites for hydroxylation is 1. The lowest BCUT2D eigenvalue weighted by Gasteiger charge is -2.20. The normalized spacial score (nSPS) is 19.3. The van der Waals surface area contributed by atoms with Gasteiger partial charge in [-0.05, 0) is 36.8 Å². The maximum absolute atomic E-state index is 12.0. The van der Waals surface area contributed by atoms with Crippen molar-refractivity contribution in [3.8, 4) is 0 Å². The Morgan fingerprint density at radius 3 is 2.79 bits per heavy atom. The number of fused-ring (bicyclic) bond motifs is 1. The lowest BCUT2D eigenvalue weighted by molar-refractivity contribution is -0.123. The predicted octanol–water partition coefficient (Wildman–Crippen LogP) is 2.42. The summed E-state index contributed by atoms with van der Waals surface area (Å²) in [5.74, 6) is 0.585. The highest BCUT2D eigenvalue weighted by Crippen LogP contribution is 2.30. The molecule has 0 saturated heterocycles. The molecule has 2 rings (SSSR count). The molecule has 2 unspecified atom stereocenters. The third-order valence-electron chi connectivity index (χ3n) is 3.66. The van der Waals surface area contributed by atoms with Gasteiger partial charge in [0.15, 0.2) is 0 Å². The SMILES string of the molecule is CC(C)CNC(=O)C(C)NC1CCc2ccccc21. The lowest BCUT2D eigenvalue weighted by Crippen LogP contribution is -2.44. The zero-order chi connectivity index (χ0) is 13.8. The van der Waals surface area contributed by atoms with E-state index in [9.17, 15) is 4.79 Å². The van der Waals surface area contributed by atoms with Gasteiger partial charge in [-0.3, -0.25) is 10.1 Å². The standard InChI is InChI=1S/C16H24N2O/c1-11(2)10-17-16(19)12(3)18-15-9-8-13-6-4-5-7-14(13)15/h4-7,11-12,15,18H,8-10H2,1-3H3,(H,17,19). The molecule has 0 aliphatic heterocycles. The van der Waals surface area contributed by atoms with Crippen molar-refractivity contribution in [3.05, 3.63) is 35.4 Å². The average molecular weight is 260 g/mol. The van der Waals surface area contributed by atoms with Crippen LogP contribution in [-0.2, 0) is 11.2 Å². The molecule has 1 aromatic carbocycles. The number of carbonyl (C=O) groups excluding carboxylic acids is 1. The molecule has 0 heterocycles. The van der Waals surface area contributed by atoms with Crippen molar-refractivity contribution >= 4 is 5.91 Å². The Morgan fingerprint density at radius 1 is 1.32 bits per heavy atom. The van der Waals surface area contributed by atoms with Gasteiger partial charge in [0.1, 0.15) is 0 Å². The molecule has 0 aromatic heterocycles. The summed E-state index contributed by atoms with van der Waals surface area (Å²) >= 11 is 0. The summed E-state index contributed by atoms with van der Waals surface area (Å²) < 4.78 is 0. The Labute approximate surface area is 115 Å². The van der Waals surface area contributed by atoms with Crippen LogP contribution in [0.5, 0.6) is 0 Å². The highest BCUT2D eigenvalue weighted by Gasteiger charge is 2.25. The van der Waals surface area contributed by atoms with E-state index in [0.717, 1.165) is 19.4 Å². The van der Waals surface area contributed by atoms with Gasteiger partial charge in [-0.2, -0.15) is 0 Å². The monoisotopic (exact) mass is 260 g/mol. The van der Waals surface area contributed by atoms with E-state index in [1.54, 1.807) is 0 Å². The van der Waals surface area contributed by atoms with Crippen molar-refractivity contribution in [2.75, 3.05) is 6.54 Å². The molecule has 3 heteroatoms. The molecule has 1 amide bonds. The third-order valence-corrected chi connectivity index (χ3v) is 3.66. The highest BCUT2D eigenvalue weighted by molar-refractivity contribution is 5.81. The van der Waals surface area contributed by atoms with Crippen molar-refractivity contribution in [2.24, 2.45) is 5.92 Å². The minimum Gasteiger partial charge on any atom is -0.354 e. The first-order valence-electron chi connectivity index (χ1n) is 7.19. The first-order valence-corrected chi connectivity index (χ1v) is 7.19. The molecule has 104 valence electrons. The topological polar surface area (TPSA) is 41.1 Å². The van der Waals surface area contributed by atoms with Gasteiger partial charge in [0.2, 0.25) is 5.91 Å². The van der Waals surface area contributed by atoms with E-state index in [-0.39, 0.29) is 11.9 Å². The van der Waals surface area contributed by atoms with Gasteiger partial charge in [0.25, 0.3) is 0 Å². The fraction of sp³-hybridized carbons (Fsp3) is 0.562. The van der Waals surface area contributed by atoms with Crippen LogP contribution in [0.25, 0.3) is 0 Å². The zero-order valence-corrected chi connectivity index (χ0v) is 12.1. The van der Waals surface area contributed by atoms with Gasteiger partial charge < -0.3 is 5.32 Å². The van der Waals surface area contributed by atoms with Crippen LogP contribution in [0.1, 0.15) is 44.4 Å². The largest absolute Gasteiger partial charge is 0.354 e. The quantitative estimate of drug-likeness (QED) is 0.853. The Hall–Kier alpha value is -1.35. The molecule has 1 aliphatic rings. The average Bonchev–Trinajstić information content (AvgIpc) is 2.79. The molecule has 19 heavy (non-hydrogen) atoms. The number of hydrogen-bond donors (Lipinski definition) is 2. The maximum Gasteiger partial charge on any atom is 0.236 e. The first kappa shape index (κ1) is 14.1. The molecule has 0 fully saturated rings. The molecular weight excluding hydrogens is 236 g/mol. The van der Waals surface area contributed by atoms with Gasteiger partial charge in [0.05, 0.1) is 6.04 Å². The van der Waals surface area contributed by atoms with E-state index in [2.05, 4.69) is 48.7 Å². The summed E-state index contributed by atoms with van der Waals surface area (Å²) in [6, 6.07) is 8.67. The van der Waals surface area contributed by atoms with Crippen LogP contribution >= 0.6 is 0 Å². The highest BCUT2D eigenvalue weighted by atomic mass is 16.2. The van der Waals surface area contributed by atoms with E-state index in [1.807, 2.05) is 6.92 Å². The number of nitrogens with one attached hydrogen (secondary N) is 2. The maximum atomic E-state index is 12.0. The summed E-state index contributed by atoms with van der Waals surface area (Å²) in [6.07, 6.45) is 2.19. The number of benzene rings is 1. The second-order valence-electron chi connectivity index (χ2n) is 5.82. The fourth-order valence-corrected chi connectivity index (χ4v) is 2.57. The minimum atomic E-state index is -0.144. The fourth-order valence-electron chi connectivity index (χ4n) is 2.57. The Morgan fingerprint density at radius 2 is 2.05 bits per heavy atom. The third kappa shape index (κ3) is 3.57. The minimum absolute atomic E-state index is 0.0954. The number of carbonyl (C=O) groups is 1. The van der Waals surface area contributed by atoms with Crippen LogP contribution in [0.2, 0.25) is 0 Å². The molecule has 1 aliphatic carbocycles. The summed E-state index contributed by atoms with van der Waals surface area (Å²) in [4.78, 5) is 12.0. The summed E-state index contributed by atoms with van der Waals surface area (Å²) in [6.45, 7) is 6.89. The zero-order valence-electron chi connectivity index (χ0n) is 12.1. The lowest BCUT2D eigenvalue weighted by atomic mass is 10.1. The molecule has 3 nitrogen and oxygen atoms in total. The van der Waals surface area contributed by atoms with Crippen LogP contribution in [0.3, 0.4) is 0 Å². The molecule has 0 radical (unpaired) electrons. The predicted molar refractivity (Wildman–Crippen MR) is 77.9 cm³/mol. The molecule has 0 spiro atoms. The Kier molecular flexibility index (Phi) is 4.59. The van der Waals surface area contributed by atoms with Crippen LogP contribution < -0.4 is 10.6 Å². The molecule has 2 N–H and O–H groups in total. The van der Waals surface area contributed by atoms with Gasteiger partial charge in [-0.25, -0.2) is 0 Å². The van der Waals surface area contributed by atoms with Crippen molar-refractivity contribution in [3.63, 3.8) is 0 Å². The van der Waals surface area contributed by atoms with Crippen molar-refractivity contribution in [1.82, 2.24) is 10.6 Å². The smallest absolute Gasteiger partial charge is 0.236 e. The van der Waals surface area contributed by atoms with Crippen molar-refractivity contribution < 1.29 is 4.79 Å². The Bertz CT molecular complexity index is 442. The number of rotatable bonds is 5. The van der Waals surface area contributed by atoms with E-state index in [1.165, 1.54) is 11.1 Å². The Balaban J connectivity index is 1.90. The van der Waals surface area contributed by atoms with Crippen molar-refractivity contribution in [2.45, 2.75) is 45.7 Å². The van der Waals surface area contributed by atoms with Gasteiger partial charge in [-0.1, -0.05) is 38.1 Å². The van der Waals surface area contributed by atoms with Gasteiger partial charge in [-0.15, -0.1) is 0 Å². The van der Waals surface area contributed by atoms with Crippen LogP contribution in [-0.4, -0.2) is 18.5 Å². The van der Waals surface area contributed by atoms with Crippen LogP contribution in [0.4, 0.5) is 0 Å². The summed E-state index contributed by atoms with van der Waals surface area (Å²) in [5.41, 5.74) is 2.76. The van der Waals surface area contributed by atoms with Crippen LogP contribution in [0.15, 0.2) is 24.3 Å². The molecule has 0 saturated carbocycles. The molecule has 2 atom stereocenters.